The molecule has 0 aromatic heterocycles. The van der Waals surface area contributed by atoms with Crippen LogP contribution in [0, 0.1) is 0 Å². The maximum atomic E-state index is 10.8. The lowest BCUT2D eigenvalue weighted by Gasteiger charge is -2.14. The van der Waals surface area contributed by atoms with Gasteiger partial charge in [-0.25, -0.2) is 0 Å². The monoisotopic (exact) mass is 386 g/mol. The normalized spacial score (nSPS) is 10.6. The van der Waals surface area contributed by atoms with Crippen LogP contribution in [0.15, 0.2) is 53.6 Å². The molecule has 0 radical (unpaired) electrons. The SMILES string of the molecule is CCOc1cc(/C=N\N(CC(=O)O)CC(=O)O)ccc1OCc1ccccc1. The molecule has 2 N–H and O–H groups in total. The van der Waals surface area contributed by atoms with Crippen LogP contribution >= 0.6 is 0 Å². The number of rotatable bonds is 11. The van der Waals surface area contributed by atoms with E-state index in [1.165, 1.54) is 6.21 Å². The van der Waals surface area contributed by atoms with Crippen LogP contribution in [0.2, 0.25) is 0 Å². The van der Waals surface area contributed by atoms with E-state index in [9.17, 15) is 9.59 Å². The second kappa shape index (κ2) is 10.6. The Kier molecular flexibility index (Phi) is 7.83. The number of benzene rings is 2. The third kappa shape index (κ3) is 6.99. The first-order valence-electron chi connectivity index (χ1n) is 8.64. The molecule has 0 atom stereocenters. The molecule has 2 rings (SSSR count). The number of ether oxygens (including phenoxy) is 2. The molecule has 2 aromatic rings. The van der Waals surface area contributed by atoms with E-state index in [0.717, 1.165) is 10.6 Å². The zero-order valence-electron chi connectivity index (χ0n) is 15.4. The van der Waals surface area contributed by atoms with Crippen LogP contribution in [-0.4, -0.2) is 53.1 Å². The van der Waals surface area contributed by atoms with Crippen molar-refractivity contribution in [1.82, 2.24) is 5.01 Å². The van der Waals surface area contributed by atoms with Gasteiger partial charge < -0.3 is 19.7 Å². The van der Waals surface area contributed by atoms with Crippen LogP contribution in [0.5, 0.6) is 11.5 Å². The summed E-state index contributed by atoms with van der Waals surface area (Å²) in [5.74, 6) is -1.25. The molecular weight excluding hydrogens is 364 g/mol. The summed E-state index contributed by atoms with van der Waals surface area (Å²) in [5.41, 5.74) is 1.64. The highest BCUT2D eigenvalue weighted by molar-refractivity contribution is 5.81. The molecule has 0 spiro atoms. The maximum Gasteiger partial charge on any atom is 0.324 e. The fourth-order valence-corrected chi connectivity index (χ4v) is 2.33. The molecule has 0 bridgehead atoms. The van der Waals surface area contributed by atoms with E-state index < -0.39 is 25.0 Å². The lowest BCUT2D eigenvalue weighted by atomic mass is 10.2. The molecule has 0 aliphatic carbocycles. The van der Waals surface area contributed by atoms with Crippen molar-refractivity contribution < 1.29 is 29.3 Å². The van der Waals surface area contributed by atoms with Crippen molar-refractivity contribution in [3.05, 3.63) is 59.7 Å². The Morgan fingerprint density at radius 1 is 1.00 bits per heavy atom. The standard InChI is InChI=1S/C20H22N2O6/c1-2-27-18-10-16(11-21-22(12-19(23)24)13-20(25)26)8-9-17(18)28-14-15-6-4-3-5-7-15/h3-11H,2,12-14H2,1H3,(H,23,24)(H,25,26)/b21-11-. The molecule has 0 unspecified atom stereocenters. The predicted octanol–water partition coefficient (Wildman–Crippen LogP) is 2.47. The Hall–Kier alpha value is -3.55. The maximum absolute atomic E-state index is 10.8. The van der Waals surface area contributed by atoms with Crippen LogP contribution < -0.4 is 9.47 Å². The van der Waals surface area contributed by atoms with E-state index in [4.69, 9.17) is 19.7 Å². The van der Waals surface area contributed by atoms with Gasteiger partial charge in [-0.2, -0.15) is 5.10 Å². The van der Waals surface area contributed by atoms with Gasteiger partial charge >= 0.3 is 11.9 Å². The highest BCUT2D eigenvalue weighted by atomic mass is 16.5. The summed E-state index contributed by atoms with van der Waals surface area (Å²) in [6, 6.07) is 14.9. The van der Waals surface area contributed by atoms with Crippen molar-refractivity contribution in [1.29, 1.82) is 0 Å². The first kappa shape index (κ1) is 20.8. The van der Waals surface area contributed by atoms with Gasteiger partial charge in [0.15, 0.2) is 11.5 Å². The fourth-order valence-electron chi connectivity index (χ4n) is 2.33. The highest BCUT2D eigenvalue weighted by Crippen LogP contribution is 2.29. The topological polar surface area (TPSA) is 109 Å². The molecule has 0 saturated heterocycles. The zero-order valence-corrected chi connectivity index (χ0v) is 15.4. The molecule has 0 heterocycles. The second-order valence-corrected chi connectivity index (χ2v) is 5.77. The number of hydrogen-bond donors (Lipinski definition) is 2. The van der Waals surface area contributed by atoms with Crippen molar-refractivity contribution in [3.63, 3.8) is 0 Å². The number of carboxylic acids is 2. The van der Waals surface area contributed by atoms with E-state index in [2.05, 4.69) is 5.10 Å². The highest BCUT2D eigenvalue weighted by Gasteiger charge is 2.11. The second-order valence-electron chi connectivity index (χ2n) is 5.77. The van der Waals surface area contributed by atoms with Gasteiger partial charge in [0, 0.05) is 0 Å². The molecule has 2 aromatic carbocycles. The van der Waals surface area contributed by atoms with Gasteiger partial charge in [-0.15, -0.1) is 0 Å². The minimum atomic E-state index is -1.17. The van der Waals surface area contributed by atoms with Gasteiger partial charge in [0.1, 0.15) is 19.7 Å². The number of aliphatic carboxylic acids is 2. The molecule has 0 fully saturated rings. The van der Waals surface area contributed by atoms with Gasteiger partial charge in [-0.1, -0.05) is 30.3 Å². The molecule has 148 valence electrons. The van der Waals surface area contributed by atoms with E-state index >= 15 is 0 Å². The Morgan fingerprint density at radius 2 is 1.68 bits per heavy atom. The van der Waals surface area contributed by atoms with E-state index in [1.54, 1.807) is 18.2 Å². The summed E-state index contributed by atoms with van der Waals surface area (Å²) < 4.78 is 11.4. The van der Waals surface area contributed by atoms with Crippen molar-refractivity contribution in [2.45, 2.75) is 13.5 Å². The Morgan fingerprint density at radius 3 is 2.29 bits per heavy atom. The summed E-state index contributed by atoms with van der Waals surface area (Å²) in [4.78, 5) is 21.7. The summed E-state index contributed by atoms with van der Waals surface area (Å²) in [5, 5.41) is 22.6. The Labute approximate surface area is 162 Å². The van der Waals surface area contributed by atoms with Crippen LogP contribution in [-0.2, 0) is 16.2 Å². The number of nitrogens with zero attached hydrogens (tertiary/aromatic N) is 2. The van der Waals surface area contributed by atoms with Crippen molar-refractivity contribution in [3.8, 4) is 11.5 Å². The molecule has 0 saturated carbocycles. The first-order chi connectivity index (χ1) is 13.5. The van der Waals surface area contributed by atoms with Gasteiger partial charge in [0.25, 0.3) is 0 Å². The molecule has 0 aliphatic heterocycles. The van der Waals surface area contributed by atoms with Crippen LogP contribution in [0.3, 0.4) is 0 Å². The summed E-state index contributed by atoms with van der Waals surface area (Å²) in [7, 11) is 0. The van der Waals surface area contributed by atoms with Gasteiger partial charge in [0.05, 0.1) is 12.8 Å². The summed E-state index contributed by atoms with van der Waals surface area (Å²) in [6.45, 7) is 1.65. The van der Waals surface area contributed by atoms with Gasteiger partial charge in [0.2, 0.25) is 0 Å². The van der Waals surface area contributed by atoms with Gasteiger partial charge in [-0.05, 0) is 36.2 Å². The molecule has 0 aliphatic rings. The van der Waals surface area contributed by atoms with Crippen LogP contribution in [0.4, 0.5) is 0 Å². The van der Waals surface area contributed by atoms with E-state index in [-0.39, 0.29) is 0 Å². The number of hydrogen-bond acceptors (Lipinski definition) is 6. The lowest BCUT2D eigenvalue weighted by molar-refractivity contribution is -0.141. The summed E-state index contributed by atoms with van der Waals surface area (Å²) >= 11 is 0. The van der Waals surface area contributed by atoms with Gasteiger partial charge in [-0.3, -0.25) is 14.6 Å². The molecule has 8 nitrogen and oxygen atoms in total. The zero-order chi connectivity index (χ0) is 20.4. The predicted molar refractivity (Wildman–Crippen MR) is 103 cm³/mol. The van der Waals surface area contributed by atoms with Crippen molar-refractivity contribution in [2.24, 2.45) is 5.10 Å². The van der Waals surface area contributed by atoms with E-state index in [0.29, 0.717) is 30.3 Å². The van der Waals surface area contributed by atoms with E-state index in [1.807, 2.05) is 37.3 Å². The lowest BCUT2D eigenvalue weighted by Crippen LogP contribution is -2.30. The smallest absolute Gasteiger partial charge is 0.324 e. The average Bonchev–Trinajstić information content (AvgIpc) is 2.65. The Balaban J connectivity index is 2.13. The van der Waals surface area contributed by atoms with Crippen molar-refractivity contribution in [2.75, 3.05) is 19.7 Å². The van der Waals surface area contributed by atoms with Crippen LogP contribution in [0.25, 0.3) is 0 Å². The quantitative estimate of drug-likeness (QED) is 0.451. The average molecular weight is 386 g/mol. The van der Waals surface area contributed by atoms with Crippen molar-refractivity contribution >= 4 is 18.2 Å². The minimum Gasteiger partial charge on any atom is -0.490 e. The Bertz CT molecular complexity index is 807. The molecule has 0 amide bonds. The summed E-state index contributed by atoms with van der Waals surface area (Å²) in [6.07, 6.45) is 1.38. The number of carbonyl (C=O) groups is 2. The first-order valence-corrected chi connectivity index (χ1v) is 8.64. The fraction of sp³-hybridized carbons (Fsp3) is 0.250. The molecular formula is C20H22N2O6. The third-order valence-corrected chi connectivity index (χ3v) is 3.51. The molecule has 28 heavy (non-hydrogen) atoms. The van der Waals surface area contributed by atoms with Crippen LogP contribution in [0.1, 0.15) is 18.1 Å². The third-order valence-electron chi connectivity index (χ3n) is 3.51. The number of hydrazone groups is 1. The minimum absolute atomic E-state index is 0.388. The molecule has 8 heteroatoms. The largest absolute Gasteiger partial charge is 0.490 e. The number of carboxylic acid groups (broad SMARTS) is 2.